The van der Waals surface area contributed by atoms with Crippen molar-refractivity contribution in [2.24, 2.45) is 0 Å². The SMILES string of the molecule is CCCCCCC/C=C\CCCCCCCC(=O)OCC(CO)OC(=O)CCCCCCCCCCCCC/C=C\CCCCCCCCCC. The van der Waals surface area contributed by atoms with Crippen LogP contribution in [0.25, 0.3) is 0 Å². The fourth-order valence-corrected chi connectivity index (χ4v) is 6.54. The molecule has 0 saturated carbocycles. The molecule has 0 bridgehead atoms. The van der Waals surface area contributed by atoms with Gasteiger partial charge in [0.05, 0.1) is 6.61 Å². The highest BCUT2D eigenvalue weighted by atomic mass is 16.6. The molecule has 0 rings (SSSR count). The predicted molar refractivity (Wildman–Crippen MR) is 219 cm³/mol. The highest BCUT2D eigenvalue weighted by Gasteiger charge is 2.16. The van der Waals surface area contributed by atoms with Gasteiger partial charge >= 0.3 is 11.9 Å². The number of hydrogen-bond acceptors (Lipinski definition) is 5. The molecule has 1 N–H and O–H groups in total. The molecule has 0 aromatic heterocycles. The Kier molecular flexibility index (Phi) is 41.4. The molecule has 0 amide bonds. The van der Waals surface area contributed by atoms with Crippen molar-refractivity contribution in [2.45, 2.75) is 245 Å². The van der Waals surface area contributed by atoms with Gasteiger partial charge in [0.2, 0.25) is 0 Å². The van der Waals surface area contributed by atoms with Crippen molar-refractivity contribution in [3.05, 3.63) is 24.3 Å². The Hall–Kier alpha value is -1.62. The van der Waals surface area contributed by atoms with Crippen molar-refractivity contribution in [3.63, 3.8) is 0 Å². The molecule has 1 unspecified atom stereocenters. The lowest BCUT2D eigenvalue weighted by Gasteiger charge is -2.15. The molecule has 0 heterocycles. The topological polar surface area (TPSA) is 72.8 Å². The Bertz CT molecular complexity index is 776. The third kappa shape index (κ3) is 41.0. The summed E-state index contributed by atoms with van der Waals surface area (Å²) in [6.45, 7) is 4.14. The molecule has 5 heteroatoms. The Labute approximate surface area is 317 Å². The van der Waals surface area contributed by atoms with Gasteiger partial charge in [-0.3, -0.25) is 9.59 Å². The first-order chi connectivity index (χ1) is 25.1. The maximum absolute atomic E-state index is 12.2. The van der Waals surface area contributed by atoms with Crippen molar-refractivity contribution < 1.29 is 24.2 Å². The number of ether oxygens (including phenoxy) is 2. The number of carbonyl (C=O) groups excluding carboxylic acids is 2. The first kappa shape index (κ1) is 49.4. The Morgan fingerprint density at radius 1 is 0.431 bits per heavy atom. The summed E-state index contributed by atoms with van der Waals surface area (Å²) in [5.41, 5.74) is 0. The van der Waals surface area contributed by atoms with E-state index < -0.39 is 6.10 Å². The fourth-order valence-electron chi connectivity index (χ4n) is 6.54. The third-order valence-electron chi connectivity index (χ3n) is 9.97. The molecule has 0 aromatic rings. The van der Waals surface area contributed by atoms with Crippen LogP contribution >= 0.6 is 0 Å². The molecule has 0 saturated heterocycles. The highest BCUT2D eigenvalue weighted by Crippen LogP contribution is 2.15. The van der Waals surface area contributed by atoms with Crippen LogP contribution in [0, 0.1) is 0 Å². The molecule has 300 valence electrons. The van der Waals surface area contributed by atoms with Crippen LogP contribution in [-0.2, 0) is 19.1 Å². The van der Waals surface area contributed by atoms with Gasteiger partial charge in [-0.2, -0.15) is 0 Å². The number of esters is 2. The molecule has 0 radical (unpaired) electrons. The minimum absolute atomic E-state index is 0.0670. The zero-order valence-corrected chi connectivity index (χ0v) is 34.1. The number of allylic oxidation sites excluding steroid dienone is 4. The van der Waals surface area contributed by atoms with Gasteiger partial charge in [0.25, 0.3) is 0 Å². The Morgan fingerprint density at radius 2 is 0.725 bits per heavy atom. The molecule has 51 heavy (non-hydrogen) atoms. The fraction of sp³-hybridized carbons (Fsp3) is 0.870. The molecular formula is C46H86O5. The van der Waals surface area contributed by atoms with Gasteiger partial charge in [0, 0.05) is 12.8 Å². The zero-order valence-electron chi connectivity index (χ0n) is 34.1. The summed E-state index contributed by atoms with van der Waals surface area (Å²) in [4.78, 5) is 24.3. The minimum Gasteiger partial charge on any atom is -0.462 e. The van der Waals surface area contributed by atoms with E-state index in [0.717, 1.165) is 44.9 Å². The lowest BCUT2D eigenvalue weighted by Crippen LogP contribution is -2.28. The standard InChI is InChI=1S/C46H86O5/c1-3-5-7-9-11-13-15-17-19-20-21-22-23-24-25-26-27-29-31-33-35-37-39-41-46(49)51-44(42-47)43-50-45(48)40-38-36-34-32-30-28-18-16-14-12-10-8-6-4-2/h16,18,20-21,44,47H,3-15,17,19,22-43H2,1-2H3/b18-16-,21-20-. The first-order valence-electron chi connectivity index (χ1n) is 22.4. The smallest absolute Gasteiger partial charge is 0.306 e. The van der Waals surface area contributed by atoms with Crippen molar-refractivity contribution in [1.29, 1.82) is 0 Å². The van der Waals surface area contributed by atoms with Gasteiger partial charge in [0.1, 0.15) is 6.61 Å². The van der Waals surface area contributed by atoms with Gasteiger partial charge < -0.3 is 14.6 Å². The number of hydrogen-bond donors (Lipinski definition) is 1. The molecule has 0 fully saturated rings. The zero-order chi connectivity index (χ0) is 37.1. The van der Waals surface area contributed by atoms with Crippen LogP contribution in [0.1, 0.15) is 239 Å². The number of rotatable bonds is 41. The van der Waals surface area contributed by atoms with E-state index in [9.17, 15) is 14.7 Å². The molecule has 5 nitrogen and oxygen atoms in total. The van der Waals surface area contributed by atoms with E-state index in [1.54, 1.807) is 0 Å². The van der Waals surface area contributed by atoms with Gasteiger partial charge in [-0.25, -0.2) is 0 Å². The second-order valence-electron chi connectivity index (χ2n) is 15.1. The summed E-state index contributed by atoms with van der Waals surface area (Å²) in [6, 6.07) is 0. The van der Waals surface area contributed by atoms with E-state index in [0.29, 0.717) is 12.8 Å². The van der Waals surface area contributed by atoms with Crippen LogP contribution < -0.4 is 0 Å². The third-order valence-corrected chi connectivity index (χ3v) is 9.97. The van der Waals surface area contributed by atoms with Crippen LogP contribution in [0.2, 0.25) is 0 Å². The largest absolute Gasteiger partial charge is 0.462 e. The summed E-state index contributed by atoms with van der Waals surface area (Å²) in [6.07, 6.45) is 51.1. The van der Waals surface area contributed by atoms with E-state index in [1.807, 2.05) is 0 Å². The van der Waals surface area contributed by atoms with E-state index in [2.05, 4.69) is 38.2 Å². The minimum atomic E-state index is -0.771. The second kappa shape index (κ2) is 42.8. The maximum Gasteiger partial charge on any atom is 0.306 e. The predicted octanol–water partition coefficient (Wildman–Crippen LogP) is 14.2. The van der Waals surface area contributed by atoms with Gasteiger partial charge in [0.15, 0.2) is 6.10 Å². The van der Waals surface area contributed by atoms with Crippen LogP contribution in [0.5, 0.6) is 0 Å². The summed E-state index contributed by atoms with van der Waals surface area (Å²) >= 11 is 0. The second-order valence-corrected chi connectivity index (χ2v) is 15.1. The molecule has 1 atom stereocenters. The molecule has 0 aliphatic carbocycles. The summed E-state index contributed by atoms with van der Waals surface area (Å²) in [5.74, 6) is -0.593. The molecule has 0 spiro atoms. The number of unbranched alkanes of at least 4 members (excludes halogenated alkanes) is 29. The Balaban J connectivity index is 3.49. The van der Waals surface area contributed by atoms with Gasteiger partial charge in [-0.05, 0) is 64.2 Å². The number of aliphatic hydroxyl groups excluding tert-OH is 1. The molecule has 0 aliphatic rings. The highest BCUT2D eigenvalue weighted by molar-refractivity contribution is 5.70. The number of aliphatic hydroxyl groups is 1. The van der Waals surface area contributed by atoms with E-state index in [1.165, 1.54) is 167 Å². The summed E-state index contributed by atoms with van der Waals surface area (Å²) in [7, 11) is 0. The number of carbonyl (C=O) groups is 2. The van der Waals surface area contributed by atoms with Gasteiger partial charge in [-0.15, -0.1) is 0 Å². The average Bonchev–Trinajstić information content (AvgIpc) is 3.13. The van der Waals surface area contributed by atoms with Crippen molar-refractivity contribution in [3.8, 4) is 0 Å². The van der Waals surface area contributed by atoms with Crippen molar-refractivity contribution in [1.82, 2.24) is 0 Å². The summed E-state index contributed by atoms with van der Waals surface area (Å²) in [5, 5.41) is 9.58. The monoisotopic (exact) mass is 719 g/mol. The van der Waals surface area contributed by atoms with Crippen molar-refractivity contribution in [2.75, 3.05) is 13.2 Å². The first-order valence-corrected chi connectivity index (χ1v) is 22.4. The van der Waals surface area contributed by atoms with E-state index in [4.69, 9.17) is 9.47 Å². The quantitative estimate of drug-likeness (QED) is 0.0387. The van der Waals surface area contributed by atoms with Crippen LogP contribution in [0.15, 0.2) is 24.3 Å². The Morgan fingerprint density at radius 3 is 1.06 bits per heavy atom. The van der Waals surface area contributed by atoms with Crippen LogP contribution in [-0.4, -0.2) is 36.4 Å². The van der Waals surface area contributed by atoms with Gasteiger partial charge in [-0.1, -0.05) is 186 Å². The van der Waals surface area contributed by atoms with Crippen molar-refractivity contribution >= 4 is 11.9 Å². The molecular weight excluding hydrogens is 633 g/mol. The maximum atomic E-state index is 12.2. The summed E-state index contributed by atoms with van der Waals surface area (Å²) < 4.78 is 10.6. The lowest BCUT2D eigenvalue weighted by atomic mass is 10.0. The molecule has 0 aromatic carbocycles. The van der Waals surface area contributed by atoms with E-state index in [-0.39, 0.29) is 25.2 Å². The van der Waals surface area contributed by atoms with Crippen LogP contribution in [0.4, 0.5) is 0 Å². The lowest BCUT2D eigenvalue weighted by molar-refractivity contribution is -0.161. The molecule has 0 aliphatic heterocycles. The average molecular weight is 719 g/mol. The van der Waals surface area contributed by atoms with E-state index >= 15 is 0 Å². The normalized spacial score (nSPS) is 12.3. The van der Waals surface area contributed by atoms with Crippen LogP contribution in [0.3, 0.4) is 0 Å².